The number of ether oxygens (including phenoxy) is 1. The minimum absolute atomic E-state index is 0.0359. The van der Waals surface area contributed by atoms with Crippen LogP contribution >= 0.6 is 22.9 Å². The molecule has 1 aliphatic heterocycles. The highest BCUT2D eigenvalue weighted by atomic mass is 35.5. The minimum atomic E-state index is -0.729. The molecule has 3 rings (SSSR count). The molecule has 1 unspecified atom stereocenters. The number of amides is 2. The van der Waals surface area contributed by atoms with Crippen LogP contribution < -0.4 is 0 Å². The Kier molecular flexibility index (Phi) is 8.37. The van der Waals surface area contributed by atoms with Crippen LogP contribution in [0.3, 0.4) is 0 Å². The average molecular weight is 477 g/mol. The summed E-state index contributed by atoms with van der Waals surface area (Å²) in [5, 5.41) is 2.10. The van der Waals surface area contributed by atoms with Gasteiger partial charge in [-0.05, 0) is 61.7 Å². The number of rotatable bonds is 9. The second-order valence-electron chi connectivity index (χ2n) is 8.99. The van der Waals surface area contributed by atoms with E-state index in [1.165, 1.54) is 10.4 Å². The SMILES string of the molecule is COCCCN(CC(=O)N1CCc2sccc2C1c1ccccc1C)C(=O)C(C)(C)CCl. The first kappa shape index (κ1) is 24.7. The predicted molar refractivity (Wildman–Crippen MR) is 130 cm³/mol. The number of aryl methyl sites for hydroxylation is 1. The first-order valence-electron chi connectivity index (χ1n) is 11.1. The number of fused-ring (bicyclic) bond motifs is 1. The van der Waals surface area contributed by atoms with Crippen LogP contribution in [0, 0.1) is 12.3 Å². The zero-order valence-corrected chi connectivity index (χ0v) is 21.0. The molecule has 0 saturated carbocycles. The normalized spacial score (nSPS) is 16.0. The van der Waals surface area contributed by atoms with Crippen LogP contribution in [0.25, 0.3) is 0 Å². The van der Waals surface area contributed by atoms with Gasteiger partial charge in [-0.2, -0.15) is 0 Å². The number of benzene rings is 1. The van der Waals surface area contributed by atoms with Crippen molar-refractivity contribution in [3.8, 4) is 0 Å². The number of halogens is 1. The van der Waals surface area contributed by atoms with Crippen molar-refractivity contribution in [3.05, 3.63) is 57.3 Å². The van der Waals surface area contributed by atoms with E-state index in [9.17, 15) is 9.59 Å². The fourth-order valence-corrected chi connectivity index (χ4v) is 5.22. The summed E-state index contributed by atoms with van der Waals surface area (Å²) >= 11 is 7.83. The largest absolute Gasteiger partial charge is 0.385 e. The maximum atomic E-state index is 13.7. The summed E-state index contributed by atoms with van der Waals surface area (Å²) in [5.74, 6) is 0.0677. The molecule has 1 aromatic carbocycles. The van der Waals surface area contributed by atoms with E-state index >= 15 is 0 Å². The first-order valence-corrected chi connectivity index (χ1v) is 12.5. The van der Waals surface area contributed by atoms with E-state index in [0.717, 1.165) is 17.5 Å². The van der Waals surface area contributed by atoms with Crippen LogP contribution in [0.2, 0.25) is 0 Å². The zero-order valence-electron chi connectivity index (χ0n) is 19.4. The molecule has 5 nitrogen and oxygen atoms in total. The van der Waals surface area contributed by atoms with Crippen LogP contribution in [-0.2, 0) is 20.7 Å². The van der Waals surface area contributed by atoms with Gasteiger partial charge in [0.15, 0.2) is 0 Å². The Labute approximate surface area is 200 Å². The van der Waals surface area contributed by atoms with Gasteiger partial charge in [0.25, 0.3) is 0 Å². The lowest BCUT2D eigenvalue weighted by molar-refractivity contribution is -0.146. The van der Waals surface area contributed by atoms with Crippen molar-refractivity contribution in [2.45, 2.75) is 39.7 Å². The van der Waals surface area contributed by atoms with Gasteiger partial charge in [0, 0.05) is 37.6 Å². The molecule has 0 spiro atoms. The van der Waals surface area contributed by atoms with Crippen LogP contribution in [0.5, 0.6) is 0 Å². The Balaban J connectivity index is 1.89. The third kappa shape index (κ3) is 5.36. The highest BCUT2D eigenvalue weighted by Gasteiger charge is 2.37. The lowest BCUT2D eigenvalue weighted by Crippen LogP contribution is -2.50. The Morgan fingerprint density at radius 3 is 2.69 bits per heavy atom. The van der Waals surface area contributed by atoms with Crippen molar-refractivity contribution in [1.29, 1.82) is 0 Å². The van der Waals surface area contributed by atoms with E-state index in [2.05, 4.69) is 30.5 Å². The summed E-state index contributed by atoms with van der Waals surface area (Å²) in [7, 11) is 1.64. The predicted octanol–water partition coefficient (Wildman–Crippen LogP) is 4.66. The zero-order chi connectivity index (χ0) is 23.3. The number of carbonyl (C=O) groups excluding carboxylic acids is 2. The van der Waals surface area contributed by atoms with Crippen molar-refractivity contribution in [1.82, 2.24) is 9.80 Å². The molecule has 0 saturated heterocycles. The number of alkyl halides is 1. The van der Waals surface area contributed by atoms with E-state index in [0.29, 0.717) is 26.1 Å². The summed E-state index contributed by atoms with van der Waals surface area (Å²) in [6.07, 6.45) is 1.51. The quantitative estimate of drug-likeness (QED) is 0.390. The number of thiophene rings is 1. The van der Waals surface area contributed by atoms with Crippen LogP contribution in [0.4, 0.5) is 0 Å². The second kappa shape index (κ2) is 10.8. The molecule has 1 aromatic heterocycles. The molecule has 0 bridgehead atoms. The molecule has 0 radical (unpaired) electrons. The molecule has 0 N–H and O–H groups in total. The monoisotopic (exact) mass is 476 g/mol. The van der Waals surface area contributed by atoms with Crippen molar-refractivity contribution in [3.63, 3.8) is 0 Å². The number of methoxy groups -OCH3 is 1. The molecule has 7 heteroatoms. The number of hydrogen-bond donors (Lipinski definition) is 0. The summed E-state index contributed by atoms with van der Waals surface area (Å²) in [5.41, 5.74) is 2.76. The van der Waals surface area contributed by atoms with Gasteiger partial charge < -0.3 is 14.5 Å². The lowest BCUT2D eigenvalue weighted by atomic mass is 9.90. The molecule has 0 fully saturated rings. The fourth-order valence-electron chi connectivity index (χ4n) is 4.21. The van der Waals surface area contributed by atoms with Crippen LogP contribution in [-0.4, -0.2) is 60.8 Å². The third-order valence-corrected chi connectivity index (χ3v) is 7.74. The summed E-state index contributed by atoms with van der Waals surface area (Å²) in [6, 6.07) is 10.2. The van der Waals surface area contributed by atoms with Crippen molar-refractivity contribution < 1.29 is 14.3 Å². The van der Waals surface area contributed by atoms with E-state index < -0.39 is 5.41 Å². The van der Waals surface area contributed by atoms with E-state index in [1.807, 2.05) is 30.9 Å². The van der Waals surface area contributed by atoms with Gasteiger partial charge in [0.1, 0.15) is 0 Å². The van der Waals surface area contributed by atoms with Crippen LogP contribution in [0.15, 0.2) is 35.7 Å². The summed E-state index contributed by atoms with van der Waals surface area (Å²) < 4.78 is 5.17. The maximum absolute atomic E-state index is 13.7. The molecule has 1 aliphatic rings. The van der Waals surface area contributed by atoms with Gasteiger partial charge >= 0.3 is 0 Å². The lowest BCUT2D eigenvalue weighted by Gasteiger charge is -2.39. The topological polar surface area (TPSA) is 49.9 Å². The highest BCUT2D eigenvalue weighted by Crippen LogP contribution is 2.39. The summed E-state index contributed by atoms with van der Waals surface area (Å²) in [6.45, 7) is 7.42. The Bertz CT molecular complexity index is 943. The molecule has 1 atom stereocenters. The first-order chi connectivity index (χ1) is 15.3. The average Bonchev–Trinajstić information content (AvgIpc) is 3.26. The maximum Gasteiger partial charge on any atom is 0.242 e. The third-order valence-electron chi connectivity index (χ3n) is 6.07. The molecule has 32 heavy (non-hydrogen) atoms. The molecule has 0 aliphatic carbocycles. The van der Waals surface area contributed by atoms with Gasteiger partial charge in [0.2, 0.25) is 11.8 Å². The van der Waals surface area contributed by atoms with Crippen molar-refractivity contribution in [2.24, 2.45) is 5.41 Å². The molecular formula is C25H33ClN2O3S. The van der Waals surface area contributed by atoms with E-state index in [4.69, 9.17) is 16.3 Å². The van der Waals surface area contributed by atoms with Gasteiger partial charge in [-0.1, -0.05) is 24.3 Å². The van der Waals surface area contributed by atoms with Crippen molar-refractivity contribution >= 4 is 34.8 Å². The molecule has 2 aromatic rings. The highest BCUT2D eigenvalue weighted by molar-refractivity contribution is 7.10. The standard InChI is InChI=1S/C25H33ClN2O3S/c1-18-8-5-6-9-19(18)23-20-11-15-32-21(20)10-13-28(23)22(29)16-27(12-7-14-31-4)24(30)25(2,3)17-26/h5-6,8-9,11,15,23H,7,10,12-14,16-17H2,1-4H3. The number of nitrogens with zero attached hydrogens (tertiary/aromatic N) is 2. The molecule has 174 valence electrons. The number of carbonyl (C=O) groups is 2. The molecular weight excluding hydrogens is 444 g/mol. The minimum Gasteiger partial charge on any atom is -0.385 e. The Hall–Kier alpha value is -1.89. The van der Waals surface area contributed by atoms with E-state index in [1.54, 1.807) is 23.3 Å². The Morgan fingerprint density at radius 2 is 2.00 bits per heavy atom. The van der Waals surface area contributed by atoms with Crippen LogP contribution in [0.1, 0.15) is 47.9 Å². The molecule has 2 heterocycles. The van der Waals surface area contributed by atoms with Crippen molar-refractivity contribution in [2.75, 3.05) is 39.2 Å². The number of hydrogen-bond acceptors (Lipinski definition) is 4. The smallest absolute Gasteiger partial charge is 0.242 e. The van der Waals surface area contributed by atoms with E-state index in [-0.39, 0.29) is 30.3 Å². The van der Waals surface area contributed by atoms with Gasteiger partial charge in [-0.3, -0.25) is 9.59 Å². The van der Waals surface area contributed by atoms with Gasteiger partial charge in [0.05, 0.1) is 18.0 Å². The Morgan fingerprint density at radius 1 is 1.25 bits per heavy atom. The molecule has 2 amide bonds. The van der Waals surface area contributed by atoms with Gasteiger partial charge in [-0.15, -0.1) is 22.9 Å². The summed E-state index contributed by atoms with van der Waals surface area (Å²) in [4.78, 5) is 31.8. The fraction of sp³-hybridized carbons (Fsp3) is 0.520. The second-order valence-corrected chi connectivity index (χ2v) is 10.3. The van der Waals surface area contributed by atoms with Gasteiger partial charge in [-0.25, -0.2) is 0 Å².